The van der Waals surface area contributed by atoms with Gasteiger partial charge in [0, 0.05) is 18.2 Å². The van der Waals surface area contributed by atoms with E-state index in [-0.39, 0.29) is 11.0 Å². The molecular weight excluding hydrogens is 342 g/mol. The van der Waals surface area contributed by atoms with Gasteiger partial charge in [-0.15, -0.1) is 10.2 Å². The van der Waals surface area contributed by atoms with Gasteiger partial charge in [-0.3, -0.25) is 4.79 Å². The quantitative estimate of drug-likeness (QED) is 0.483. The first kappa shape index (κ1) is 18.4. The van der Waals surface area contributed by atoms with Gasteiger partial charge in [-0.1, -0.05) is 59.3 Å². The van der Waals surface area contributed by atoms with Gasteiger partial charge in [0.2, 0.25) is 0 Å². The van der Waals surface area contributed by atoms with E-state index in [4.69, 9.17) is 0 Å². The Morgan fingerprint density at radius 2 is 1.65 bits per heavy atom. The molecule has 1 unspecified atom stereocenters. The van der Waals surface area contributed by atoms with Crippen molar-refractivity contribution in [2.45, 2.75) is 38.1 Å². The van der Waals surface area contributed by atoms with E-state index in [1.807, 2.05) is 62.7 Å². The maximum absolute atomic E-state index is 12.9. The predicted octanol–water partition coefficient (Wildman–Crippen LogP) is 4.77. The Morgan fingerprint density at radius 1 is 1.00 bits per heavy atom. The summed E-state index contributed by atoms with van der Waals surface area (Å²) in [4.78, 5) is 12.9. The van der Waals surface area contributed by atoms with Crippen molar-refractivity contribution in [3.8, 4) is 11.4 Å². The fraction of sp³-hybridized carbons (Fsp3) is 0.286. The first-order valence-electron chi connectivity index (χ1n) is 8.61. The highest BCUT2D eigenvalue weighted by Gasteiger charge is 2.21. The summed E-state index contributed by atoms with van der Waals surface area (Å²) in [5.41, 5.74) is 5.11. The van der Waals surface area contributed by atoms with Gasteiger partial charge >= 0.3 is 0 Å². The summed E-state index contributed by atoms with van der Waals surface area (Å²) in [6, 6.07) is 14.2. The molecule has 0 aliphatic heterocycles. The van der Waals surface area contributed by atoms with Gasteiger partial charge in [0.05, 0.1) is 5.25 Å². The smallest absolute Gasteiger partial charge is 0.191 e. The minimum Gasteiger partial charge on any atom is -0.305 e. The van der Waals surface area contributed by atoms with Crippen LogP contribution in [0.25, 0.3) is 11.4 Å². The third kappa shape index (κ3) is 3.73. The van der Waals surface area contributed by atoms with Crippen molar-refractivity contribution < 1.29 is 4.79 Å². The average Bonchev–Trinajstić information content (AvgIpc) is 2.98. The molecule has 2 aromatic carbocycles. The summed E-state index contributed by atoms with van der Waals surface area (Å²) < 4.78 is 1.95. The molecule has 4 nitrogen and oxygen atoms in total. The maximum Gasteiger partial charge on any atom is 0.191 e. The van der Waals surface area contributed by atoms with Crippen molar-refractivity contribution in [3.05, 3.63) is 64.7 Å². The molecule has 0 bridgehead atoms. The van der Waals surface area contributed by atoms with Crippen LogP contribution in [0.1, 0.15) is 34.0 Å². The molecule has 0 aliphatic rings. The van der Waals surface area contributed by atoms with Gasteiger partial charge < -0.3 is 4.57 Å². The molecule has 3 aromatic rings. The largest absolute Gasteiger partial charge is 0.305 e. The van der Waals surface area contributed by atoms with Crippen molar-refractivity contribution in [2.75, 3.05) is 0 Å². The van der Waals surface area contributed by atoms with Crippen LogP contribution in [0.2, 0.25) is 0 Å². The lowest BCUT2D eigenvalue weighted by molar-refractivity contribution is 0.0993. The van der Waals surface area contributed by atoms with Crippen LogP contribution in [0.4, 0.5) is 0 Å². The number of hydrogen-bond donors (Lipinski definition) is 0. The number of ketones is 1. The van der Waals surface area contributed by atoms with Gasteiger partial charge in [-0.05, 0) is 39.3 Å². The second-order valence-corrected chi connectivity index (χ2v) is 7.98. The SMILES string of the molecule is Cc1ccc(-c2nnc(SC(C)C(=O)c3cc(C)ccc3C)n2C)cc1. The second kappa shape index (κ2) is 7.46. The van der Waals surface area contributed by atoms with E-state index < -0.39 is 0 Å². The number of carbonyl (C=O) groups is 1. The molecule has 0 radical (unpaired) electrons. The Morgan fingerprint density at radius 3 is 2.35 bits per heavy atom. The van der Waals surface area contributed by atoms with E-state index in [1.165, 1.54) is 17.3 Å². The van der Waals surface area contributed by atoms with Gasteiger partial charge in [0.25, 0.3) is 0 Å². The molecule has 3 rings (SSSR count). The van der Waals surface area contributed by atoms with E-state index in [0.717, 1.165) is 33.2 Å². The Kier molecular flexibility index (Phi) is 5.28. The van der Waals surface area contributed by atoms with Crippen molar-refractivity contribution in [3.63, 3.8) is 0 Å². The molecule has 0 aliphatic carbocycles. The summed E-state index contributed by atoms with van der Waals surface area (Å²) in [5.74, 6) is 0.926. The summed E-state index contributed by atoms with van der Waals surface area (Å²) in [6.07, 6.45) is 0. The lowest BCUT2D eigenvalue weighted by Gasteiger charge is -2.12. The molecule has 0 saturated heterocycles. The van der Waals surface area contributed by atoms with Crippen LogP contribution in [-0.2, 0) is 7.05 Å². The van der Waals surface area contributed by atoms with E-state index in [2.05, 4.69) is 29.3 Å². The van der Waals surface area contributed by atoms with Gasteiger partial charge in [0.1, 0.15) is 0 Å². The van der Waals surface area contributed by atoms with E-state index >= 15 is 0 Å². The molecule has 1 aromatic heterocycles. The van der Waals surface area contributed by atoms with Crippen LogP contribution in [0.5, 0.6) is 0 Å². The lowest BCUT2D eigenvalue weighted by atomic mass is 10.0. The maximum atomic E-state index is 12.9. The fourth-order valence-corrected chi connectivity index (χ4v) is 3.69. The summed E-state index contributed by atoms with van der Waals surface area (Å²) in [7, 11) is 1.94. The monoisotopic (exact) mass is 365 g/mol. The van der Waals surface area contributed by atoms with Crippen LogP contribution in [0, 0.1) is 20.8 Å². The van der Waals surface area contributed by atoms with Gasteiger partial charge in [-0.25, -0.2) is 0 Å². The Hall–Kier alpha value is -2.40. The van der Waals surface area contributed by atoms with Gasteiger partial charge in [0.15, 0.2) is 16.8 Å². The highest BCUT2D eigenvalue weighted by atomic mass is 32.2. The number of benzene rings is 2. The third-order valence-corrected chi connectivity index (χ3v) is 5.59. The zero-order valence-corrected chi connectivity index (χ0v) is 16.6. The zero-order valence-electron chi connectivity index (χ0n) is 15.8. The highest BCUT2D eigenvalue weighted by Crippen LogP contribution is 2.28. The molecule has 0 spiro atoms. The molecule has 0 saturated carbocycles. The number of carbonyl (C=O) groups excluding carboxylic acids is 1. The third-order valence-electron chi connectivity index (χ3n) is 4.45. The normalized spacial score (nSPS) is 12.2. The predicted molar refractivity (Wildman–Crippen MR) is 107 cm³/mol. The van der Waals surface area contributed by atoms with Crippen molar-refractivity contribution in [1.82, 2.24) is 14.8 Å². The topological polar surface area (TPSA) is 47.8 Å². The van der Waals surface area contributed by atoms with Crippen molar-refractivity contribution in [1.29, 1.82) is 0 Å². The highest BCUT2D eigenvalue weighted by molar-refractivity contribution is 8.00. The molecule has 0 amide bonds. The van der Waals surface area contributed by atoms with E-state index in [1.54, 1.807) is 0 Å². The summed E-state index contributed by atoms with van der Waals surface area (Å²) in [5, 5.41) is 9.12. The number of rotatable bonds is 5. The van der Waals surface area contributed by atoms with Crippen molar-refractivity contribution >= 4 is 17.5 Å². The fourth-order valence-electron chi connectivity index (χ4n) is 2.80. The van der Waals surface area contributed by atoms with Crippen LogP contribution in [-0.4, -0.2) is 25.8 Å². The molecule has 26 heavy (non-hydrogen) atoms. The molecule has 1 heterocycles. The minimum absolute atomic E-state index is 0.121. The first-order chi connectivity index (χ1) is 12.4. The average molecular weight is 366 g/mol. The Labute approximate surface area is 158 Å². The Bertz CT molecular complexity index is 944. The molecule has 5 heteroatoms. The molecule has 0 fully saturated rings. The minimum atomic E-state index is -0.232. The summed E-state index contributed by atoms with van der Waals surface area (Å²) in [6.45, 7) is 7.96. The van der Waals surface area contributed by atoms with Crippen LogP contribution in [0.3, 0.4) is 0 Å². The van der Waals surface area contributed by atoms with E-state index in [9.17, 15) is 4.79 Å². The van der Waals surface area contributed by atoms with Crippen LogP contribution < -0.4 is 0 Å². The molecule has 0 N–H and O–H groups in total. The zero-order chi connectivity index (χ0) is 18.8. The number of nitrogens with zero attached hydrogens (tertiary/aromatic N) is 3. The number of Topliss-reactive ketones (excluding diaryl/α,β-unsaturated/α-hetero) is 1. The Balaban J connectivity index is 1.82. The number of hydrogen-bond acceptors (Lipinski definition) is 4. The van der Waals surface area contributed by atoms with Crippen molar-refractivity contribution in [2.24, 2.45) is 7.05 Å². The summed E-state index contributed by atoms with van der Waals surface area (Å²) >= 11 is 1.45. The second-order valence-electron chi connectivity index (χ2n) is 6.67. The lowest BCUT2D eigenvalue weighted by Crippen LogP contribution is -2.16. The molecular formula is C21H23N3OS. The van der Waals surface area contributed by atoms with Gasteiger partial charge in [-0.2, -0.15) is 0 Å². The number of aromatic nitrogens is 3. The van der Waals surface area contributed by atoms with Crippen LogP contribution in [0.15, 0.2) is 47.6 Å². The molecule has 1 atom stereocenters. The first-order valence-corrected chi connectivity index (χ1v) is 9.49. The molecule has 134 valence electrons. The van der Waals surface area contributed by atoms with E-state index in [0.29, 0.717) is 0 Å². The number of aryl methyl sites for hydroxylation is 3. The van der Waals surface area contributed by atoms with Crippen LogP contribution >= 0.6 is 11.8 Å². The number of thioether (sulfide) groups is 1. The standard InChI is InChI=1S/C21H23N3OS/c1-13-7-10-17(11-8-13)20-22-23-21(24(20)5)26-16(4)19(25)18-12-14(2)6-9-15(18)3/h6-12,16H,1-5H3.